The number of aromatic nitrogens is 1. The molecule has 0 atom stereocenters. The highest BCUT2D eigenvalue weighted by molar-refractivity contribution is 6.04. The summed E-state index contributed by atoms with van der Waals surface area (Å²) in [4.78, 5) is 27.4. The van der Waals surface area contributed by atoms with E-state index in [1.807, 2.05) is 0 Å². The molecule has 0 saturated heterocycles. The zero-order chi connectivity index (χ0) is 17.4. The molecular formula is C18H22N4O2. The SMILES string of the molecule is CCCCNc1cncc(C(=O)Nc2ccc(NC(C)=O)cc2)c1. The normalized spacial score (nSPS) is 10.1. The van der Waals surface area contributed by atoms with E-state index in [9.17, 15) is 9.59 Å². The zero-order valence-electron chi connectivity index (χ0n) is 13.9. The van der Waals surface area contributed by atoms with E-state index in [0.717, 1.165) is 25.1 Å². The Bertz CT molecular complexity index is 698. The van der Waals surface area contributed by atoms with Crippen LogP contribution in [0.4, 0.5) is 17.1 Å². The number of pyridine rings is 1. The van der Waals surface area contributed by atoms with Crippen LogP contribution in [0.25, 0.3) is 0 Å². The maximum Gasteiger partial charge on any atom is 0.257 e. The maximum atomic E-state index is 12.3. The van der Waals surface area contributed by atoms with Crippen molar-refractivity contribution in [2.24, 2.45) is 0 Å². The first-order valence-electron chi connectivity index (χ1n) is 7.96. The van der Waals surface area contributed by atoms with Crippen LogP contribution in [0.15, 0.2) is 42.7 Å². The van der Waals surface area contributed by atoms with E-state index in [-0.39, 0.29) is 11.8 Å². The van der Waals surface area contributed by atoms with Crippen LogP contribution in [0.3, 0.4) is 0 Å². The highest BCUT2D eigenvalue weighted by Gasteiger charge is 2.08. The maximum absolute atomic E-state index is 12.3. The summed E-state index contributed by atoms with van der Waals surface area (Å²) in [7, 11) is 0. The summed E-state index contributed by atoms with van der Waals surface area (Å²) in [5.74, 6) is -0.362. The van der Waals surface area contributed by atoms with Crippen LogP contribution in [-0.4, -0.2) is 23.3 Å². The first-order chi connectivity index (χ1) is 11.6. The second-order valence-corrected chi connectivity index (χ2v) is 5.46. The molecule has 1 aromatic carbocycles. The summed E-state index contributed by atoms with van der Waals surface area (Å²) < 4.78 is 0. The number of amides is 2. The number of carbonyl (C=O) groups is 2. The average molecular weight is 326 g/mol. The summed E-state index contributed by atoms with van der Waals surface area (Å²) in [6.07, 6.45) is 5.41. The minimum atomic E-state index is -0.228. The number of rotatable bonds is 7. The molecule has 2 aromatic rings. The van der Waals surface area contributed by atoms with Gasteiger partial charge in [0.05, 0.1) is 11.3 Å². The molecule has 24 heavy (non-hydrogen) atoms. The van der Waals surface area contributed by atoms with E-state index in [0.29, 0.717) is 16.9 Å². The zero-order valence-corrected chi connectivity index (χ0v) is 13.9. The Morgan fingerprint density at radius 2 is 1.67 bits per heavy atom. The summed E-state index contributed by atoms with van der Waals surface area (Å²) in [6.45, 7) is 4.43. The highest BCUT2D eigenvalue weighted by atomic mass is 16.2. The smallest absolute Gasteiger partial charge is 0.257 e. The molecule has 0 radical (unpaired) electrons. The fourth-order valence-corrected chi connectivity index (χ4v) is 2.11. The molecule has 0 unspecified atom stereocenters. The molecule has 2 amide bonds. The van der Waals surface area contributed by atoms with Crippen molar-refractivity contribution in [2.75, 3.05) is 22.5 Å². The molecule has 0 fully saturated rings. The van der Waals surface area contributed by atoms with Gasteiger partial charge in [-0.25, -0.2) is 0 Å². The predicted octanol–water partition coefficient (Wildman–Crippen LogP) is 3.50. The highest BCUT2D eigenvalue weighted by Crippen LogP contribution is 2.15. The van der Waals surface area contributed by atoms with E-state index in [4.69, 9.17) is 0 Å². The van der Waals surface area contributed by atoms with Gasteiger partial charge in [-0.05, 0) is 36.8 Å². The molecule has 1 aromatic heterocycles. The van der Waals surface area contributed by atoms with Crippen molar-refractivity contribution in [3.8, 4) is 0 Å². The van der Waals surface area contributed by atoms with Crippen LogP contribution in [-0.2, 0) is 4.79 Å². The van der Waals surface area contributed by atoms with Gasteiger partial charge >= 0.3 is 0 Å². The molecule has 0 aliphatic carbocycles. The topological polar surface area (TPSA) is 83.1 Å². The average Bonchev–Trinajstić information content (AvgIpc) is 2.57. The van der Waals surface area contributed by atoms with Crippen LogP contribution in [0.2, 0.25) is 0 Å². The van der Waals surface area contributed by atoms with E-state index in [1.165, 1.54) is 13.1 Å². The van der Waals surface area contributed by atoms with Crippen molar-refractivity contribution < 1.29 is 9.59 Å². The summed E-state index contributed by atoms with van der Waals surface area (Å²) in [5, 5.41) is 8.74. The number of anilines is 3. The van der Waals surface area contributed by atoms with Gasteiger partial charge in [0.15, 0.2) is 0 Å². The molecule has 6 heteroatoms. The van der Waals surface area contributed by atoms with Crippen LogP contribution in [0, 0.1) is 0 Å². The van der Waals surface area contributed by atoms with Crippen molar-refractivity contribution >= 4 is 28.9 Å². The Morgan fingerprint density at radius 1 is 1.00 bits per heavy atom. The van der Waals surface area contributed by atoms with Crippen LogP contribution in [0.1, 0.15) is 37.0 Å². The minimum absolute atomic E-state index is 0.134. The number of hydrogen-bond donors (Lipinski definition) is 3. The number of benzene rings is 1. The molecule has 0 saturated carbocycles. The first-order valence-corrected chi connectivity index (χ1v) is 7.96. The second-order valence-electron chi connectivity index (χ2n) is 5.46. The van der Waals surface area contributed by atoms with E-state index in [1.54, 1.807) is 36.5 Å². The fraction of sp³-hybridized carbons (Fsp3) is 0.278. The van der Waals surface area contributed by atoms with Crippen molar-refractivity contribution in [3.05, 3.63) is 48.3 Å². The third-order valence-corrected chi connectivity index (χ3v) is 3.32. The monoisotopic (exact) mass is 326 g/mol. The van der Waals surface area contributed by atoms with Crippen molar-refractivity contribution in [1.82, 2.24) is 4.98 Å². The Kier molecular flexibility index (Phi) is 6.31. The number of nitrogens with one attached hydrogen (secondary N) is 3. The predicted molar refractivity (Wildman–Crippen MR) is 96.3 cm³/mol. The van der Waals surface area contributed by atoms with Crippen LogP contribution < -0.4 is 16.0 Å². The molecule has 0 aliphatic rings. The van der Waals surface area contributed by atoms with Gasteiger partial charge in [-0.2, -0.15) is 0 Å². The third-order valence-electron chi connectivity index (χ3n) is 3.32. The molecule has 1 heterocycles. The van der Waals surface area contributed by atoms with E-state index in [2.05, 4.69) is 27.9 Å². The number of unbranched alkanes of at least 4 members (excludes halogenated alkanes) is 1. The van der Waals surface area contributed by atoms with Gasteiger partial charge in [0.2, 0.25) is 5.91 Å². The second kappa shape index (κ2) is 8.67. The van der Waals surface area contributed by atoms with E-state index >= 15 is 0 Å². The Morgan fingerprint density at radius 3 is 2.29 bits per heavy atom. The minimum Gasteiger partial charge on any atom is -0.384 e. The Labute approximate surface area is 141 Å². The van der Waals surface area contributed by atoms with Gasteiger partial charge in [-0.1, -0.05) is 13.3 Å². The molecule has 0 aliphatic heterocycles. The lowest BCUT2D eigenvalue weighted by atomic mass is 10.2. The van der Waals surface area contributed by atoms with Gasteiger partial charge < -0.3 is 16.0 Å². The summed E-state index contributed by atoms with van der Waals surface area (Å²) >= 11 is 0. The number of nitrogens with zero attached hydrogens (tertiary/aromatic N) is 1. The van der Waals surface area contributed by atoms with Crippen molar-refractivity contribution in [1.29, 1.82) is 0 Å². The standard InChI is InChI=1S/C18H22N4O2/c1-3-4-9-20-17-10-14(11-19-12-17)18(24)22-16-7-5-15(6-8-16)21-13(2)23/h5-8,10-12,20H,3-4,9H2,1-2H3,(H,21,23)(H,22,24). The lowest BCUT2D eigenvalue weighted by molar-refractivity contribution is -0.114. The van der Waals surface area contributed by atoms with Gasteiger partial charge in [0.25, 0.3) is 5.91 Å². The molecule has 3 N–H and O–H groups in total. The lowest BCUT2D eigenvalue weighted by Crippen LogP contribution is -2.13. The van der Waals surface area contributed by atoms with Gasteiger partial charge in [-0.3, -0.25) is 14.6 Å². The molecule has 6 nitrogen and oxygen atoms in total. The summed E-state index contributed by atoms with van der Waals surface area (Å²) in [5.41, 5.74) is 2.65. The van der Waals surface area contributed by atoms with E-state index < -0.39 is 0 Å². The number of hydrogen-bond acceptors (Lipinski definition) is 4. The van der Waals surface area contributed by atoms with Crippen molar-refractivity contribution in [2.45, 2.75) is 26.7 Å². The number of carbonyl (C=O) groups excluding carboxylic acids is 2. The van der Waals surface area contributed by atoms with Gasteiger partial charge in [-0.15, -0.1) is 0 Å². The van der Waals surface area contributed by atoms with Crippen LogP contribution in [0.5, 0.6) is 0 Å². The third kappa shape index (κ3) is 5.39. The Balaban J connectivity index is 1.98. The molecule has 126 valence electrons. The van der Waals surface area contributed by atoms with Crippen molar-refractivity contribution in [3.63, 3.8) is 0 Å². The van der Waals surface area contributed by atoms with Gasteiger partial charge in [0, 0.05) is 37.2 Å². The largest absolute Gasteiger partial charge is 0.384 e. The molecule has 0 bridgehead atoms. The fourth-order valence-electron chi connectivity index (χ4n) is 2.11. The Hall–Kier alpha value is -2.89. The summed E-state index contributed by atoms with van der Waals surface area (Å²) in [6, 6.07) is 8.72. The molecule has 0 spiro atoms. The quantitative estimate of drug-likeness (QED) is 0.680. The molecular weight excluding hydrogens is 304 g/mol. The lowest BCUT2D eigenvalue weighted by Gasteiger charge is -2.09. The molecule has 2 rings (SSSR count). The van der Waals surface area contributed by atoms with Crippen LogP contribution >= 0.6 is 0 Å². The first kappa shape index (κ1) is 17.5. The van der Waals surface area contributed by atoms with Gasteiger partial charge in [0.1, 0.15) is 0 Å².